The van der Waals surface area contributed by atoms with Gasteiger partial charge in [0.15, 0.2) is 5.96 Å². The Labute approximate surface area is 188 Å². The summed E-state index contributed by atoms with van der Waals surface area (Å²) < 4.78 is 10.9. The normalized spacial score (nSPS) is 16.1. The molecule has 154 valence electrons. The quantitative estimate of drug-likeness (QED) is 0.337. The third-order valence-corrected chi connectivity index (χ3v) is 5.66. The highest BCUT2D eigenvalue weighted by atomic mass is 127. The minimum absolute atomic E-state index is 0. The zero-order valence-corrected chi connectivity index (χ0v) is 19.5. The molecule has 0 aliphatic carbocycles. The summed E-state index contributed by atoms with van der Waals surface area (Å²) in [5.41, 5.74) is 1.10. The number of benzene rings is 1. The summed E-state index contributed by atoms with van der Waals surface area (Å²) in [6.07, 6.45) is 0. The second-order valence-corrected chi connectivity index (χ2v) is 7.28. The Morgan fingerprint density at radius 3 is 2.68 bits per heavy atom. The smallest absolute Gasteiger partial charge is 0.191 e. The Hall–Kier alpha value is -1.36. The van der Waals surface area contributed by atoms with Crippen molar-refractivity contribution >= 4 is 41.3 Å². The molecule has 1 saturated heterocycles. The minimum atomic E-state index is 0. The van der Waals surface area contributed by atoms with Crippen molar-refractivity contribution in [1.29, 1.82) is 0 Å². The Kier molecular flexibility index (Phi) is 10.0. The van der Waals surface area contributed by atoms with E-state index in [4.69, 9.17) is 9.47 Å². The Balaban J connectivity index is 0.00000280. The van der Waals surface area contributed by atoms with Crippen molar-refractivity contribution < 1.29 is 9.47 Å². The maximum Gasteiger partial charge on any atom is 0.191 e. The number of para-hydroxylation sites is 1. The summed E-state index contributed by atoms with van der Waals surface area (Å²) in [7, 11) is 3.49. The lowest BCUT2D eigenvalue weighted by Crippen LogP contribution is -2.46. The van der Waals surface area contributed by atoms with Crippen LogP contribution in [0.2, 0.25) is 0 Å². The van der Waals surface area contributed by atoms with Gasteiger partial charge in [-0.05, 0) is 17.5 Å². The van der Waals surface area contributed by atoms with E-state index in [2.05, 4.69) is 44.1 Å². The standard InChI is InChI=1S/C20H28N4O2S.HI/c1-21-20(22-14-16-6-3-4-7-18(16)25-2)23-15-17(19-8-5-13-27-19)24-9-11-26-12-10-24;/h3-8,13,17H,9-12,14-15H2,1-2H3,(H2,21,22,23);1H. The molecule has 0 spiro atoms. The van der Waals surface area contributed by atoms with Crippen LogP contribution >= 0.6 is 35.3 Å². The fourth-order valence-electron chi connectivity index (χ4n) is 3.22. The average Bonchev–Trinajstić information content (AvgIpc) is 3.26. The minimum Gasteiger partial charge on any atom is -0.496 e. The van der Waals surface area contributed by atoms with Crippen LogP contribution in [-0.4, -0.2) is 57.9 Å². The molecule has 28 heavy (non-hydrogen) atoms. The second-order valence-electron chi connectivity index (χ2n) is 6.30. The van der Waals surface area contributed by atoms with Gasteiger partial charge >= 0.3 is 0 Å². The molecular formula is C20H29IN4O2S. The topological polar surface area (TPSA) is 58.1 Å². The van der Waals surface area contributed by atoms with Crippen LogP contribution in [0.3, 0.4) is 0 Å². The van der Waals surface area contributed by atoms with Crippen LogP contribution in [0.4, 0.5) is 0 Å². The fraction of sp³-hybridized carbons (Fsp3) is 0.450. The molecule has 1 atom stereocenters. The lowest BCUT2D eigenvalue weighted by molar-refractivity contribution is 0.0177. The van der Waals surface area contributed by atoms with Gasteiger partial charge in [-0.25, -0.2) is 0 Å². The van der Waals surface area contributed by atoms with E-state index >= 15 is 0 Å². The second kappa shape index (κ2) is 12.3. The summed E-state index contributed by atoms with van der Waals surface area (Å²) in [4.78, 5) is 8.22. The van der Waals surface area contributed by atoms with Gasteiger partial charge in [0, 0.05) is 43.7 Å². The first-order chi connectivity index (χ1) is 13.3. The molecular weight excluding hydrogens is 487 g/mol. The predicted octanol–water partition coefficient (Wildman–Crippen LogP) is 3.11. The maximum absolute atomic E-state index is 5.52. The number of thiophene rings is 1. The summed E-state index contributed by atoms with van der Waals surface area (Å²) in [5, 5.41) is 9.00. The van der Waals surface area contributed by atoms with Crippen LogP contribution in [0.5, 0.6) is 5.75 Å². The molecule has 8 heteroatoms. The molecule has 2 N–H and O–H groups in total. The van der Waals surface area contributed by atoms with Crippen LogP contribution in [0, 0.1) is 0 Å². The van der Waals surface area contributed by atoms with Gasteiger partial charge in [-0.15, -0.1) is 35.3 Å². The first-order valence-electron chi connectivity index (χ1n) is 9.23. The zero-order chi connectivity index (χ0) is 18.9. The Morgan fingerprint density at radius 2 is 2.00 bits per heavy atom. The molecule has 3 rings (SSSR count). The highest BCUT2D eigenvalue weighted by Crippen LogP contribution is 2.25. The summed E-state index contributed by atoms with van der Waals surface area (Å²) in [5.74, 6) is 1.67. The molecule has 1 aliphatic rings. The van der Waals surface area contributed by atoms with Gasteiger partial charge in [-0.3, -0.25) is 9.89 Å². The number of guanidine groups is 1. The number of aliphatic imine (C=N–C) groups is 1. The summed E-state index contributed by atoms with van der Waals surface area (Å²) in [6.45, 7) is 4.96. The first-order valence-corrected chi connectivity index (χ1v) is 10.1. The van der Waals surface area contributed by atoms with Crippen molar-refractivity contribution in [2.24, 2.45) is 4.99 Å². The molecule has 2 aromatic rings. The van der Waals surface area contributed by atoms with Crippen LogP contribution < -0.4 is 15.4 Å². The lowest BCUT2D eigenvalue weighted by atomic mass is 10.2. The number of halogens is 1. The number of hydrogen-bond acceptors (Lipinski definition) is 5. The van der Waals surface area contributed by atoms with E-state index in [1.165, 1.54) is 4.88 Å². The third-order valence-electron chi connectivity index (χ3n) is 4.68. The maximum atomic E-state index is 5.52. The number of nitrogens with one attached hydrogen (secondary N) is 2. The first kappa shape index (κ1) is 22.9. The van der Waals surface area contributed by atoms with Gasteiger partial charge in [-0.2, -0.15) is 0 Å². The van der Waals surface area contributed by atoms with Crippen molar-refractivity contribution in [2.45, 2.75) is 12.6 Å². The molecule has 6 nitrogen and oxygen atoms in total. The molecule has 0 bridgehead atoms. The zero-order valence-electron chi connectivity index (χ0n) is 16.4. The van der Waals surface area contributed by atoms with E-state index in [1.807, 2.05) is 18.2 Å². The molecule has 2 heterocycles. The van der Waals surface area contributed by atoms with Gasteiger partial charge in [0.25, 0.3) is 0 Å². The van der Waals surface area contributed by atoms with E-state index in [0.717, 1.165) is 50.1 Å². The monoisotopic (exact) mass is 516 g/mol. The molecule has 1 aromatic carbocycles. The van der Waals surface area contributed by atoms with Crippen molar-refractivity contribution in [3.63, 3.8) is 0 Å². The van der Waals surface area contributed by atoms with Crippen molar-refractivity contribution in [2.75, 3.05) is 47.0 Å². The molecule has 0 amide bonds. The van der Waals surface area contributed by atoms with E-state index in [0.29, 0.717) is 12.6 Å². The molecule has 0 radical (unpaired) electrons. The van der Waals surface area contributed by atoms with Crippen molar-refractivity contribution in [3.05, 3.63) is 52.2 Å². The Bertz CT molecular complexity index is 721. The summed E-state index contributed by atoms with van der Waals surface area (Å²) in [6, 6.07) is 12.7. The van der Waals surface area contributed by atoms with E-state index < -0.39 is 0 Å². The summed E-state index contributed by atoms with van der Waals surface area (Å²) >= 11 is 1.80. The number of hydrogen-bond donors (Lipinski definition) is 2. The SMILES string of the molecule is CN=C(NCc1ccccc1OC)NCC(c1cccs1)N1CCOCC1.I. The van der Waals surface area contributed by atoms with E-state index in [1.54, 1.807) is 25.5 Å². The van der Waals surface area contributed by atoms with Gasteiger partial charge < -0.3 is 20.1 Å². The highest BCUT2D eigenvalue weighted by molar-refractivity contribution is 14.0. The largest absolute Gasteiger partial charge is 0.496 e. The van der Waals surface area contributed by atoms with Crippen LogP contribution in [0.25, 0.3) is 0 Å². The van der Waals surface area contributed by atoms with E-state index in [-0.39, 0.29) is 24.0 Å². The number of rotatable bonds is 7. The van der Waals surface area contributed by atoms with Gasteiger partial charge in [0.1, 0.15) is 5.75 Å². The molecule has 1 fully saturated rings. The molecule has 1 aromatic heterocycles. The van der Waals surface area contributed by atoms with Crippen LogP contribution in [0.1, 0.15) is 16.5 Å². The molecule has 0 saturated carbocycles. The fourth-order valence-corrected chi connectivity index (χ4v) is 4.08. The number of nitrogens with zero attached hydrogens (tertiary/aromatic N) is 2. The van der Waals surface area contributed by atoms with Crippen LogP contribution in [-0.2, 0) is 11.3 Å². The lowest BCUT2D eigenvalue weighted by Gasteiger charge is -2.34. The number of morpholine rings is 1. The highest BCUT2D eigenvalue weighted by Gasteiger charge is 2.23. The van der Waals surface area contributed by atoms with Gasteiger partial charge in [0.2, 0.25) is 0 Å². The van der Waals surface area contributed by atoms with Gasteiger partial charge in [0.05, 0.1) is 26.4 Å². The predicted molar refractivity (Wildman–Crippen MR) is 126 cm³/mol. The van der Waals surface area contributed by atoms with E-state index in [9.17, 15) is 0 Å². The van der Waals surface area contributed by atoms with Crippen molar-refractivity contribution in [1.82, 2.24) is 15.5 Å². The molecule has 1 unspecified atom stereocenters. The van der Waals surface area contributed by atoms with Gasteiger partial charge in [-0.1, -0.05) is 24.3 Å². The average molecular weight is 516 g/mol. The number of methoxy groups -OCH3 is 1. The van der Waals surface area contributed by atoms with Crippen LogP contribution in [0.15, 0.2) is 46.8 Å². The third kappa shape index (κ3) is 6.33. The number of ether oxygens (including phenoxy) is 2. The van der Waals surface area contributed by atoms with Crippen molar-refractivity contribution in [3.8, 4) is 5.75 Å². The molecule has 1 aliphatic heterocycles. The Morgan fingerprint density at radius 1 is 1.21 bits per heavy atom.